The van der Waals surface area contributed by atoms with Crippen LogP contribution in [0.4, 0.5) is 13.2 Å². The van der Waals surface area contributed by atoms with Gasteiger partial charge in [-0.2, -0.15) is 13.2 Å². The Balaban J connectivity index is 2.03. The number of aromatic nitrogens is 2. The van der Waals surface area contributed by atoms with E-state index in [1.54, 1.807) is 17.8 Å². The Kier molecular flexibility index (Phi) is 8.23. The summed E-state index contributed by atoms with van der Waals surface area (Å²) in [6, 6.07) is 8.56. The molecule has 3 rings (SSSR count). The number of nitrogens with one attached hydrogen (secondary N) is 2. The summed E-state index contributed by atoms with van der Waals surface area (Å²) in [5.74, 6) is -0.246. The molecule has 2 aromatic carbocycles. The van der Waals surface area contributed by atoms with Crippen molar-refractivity contribution in [1.29, 1.82) is 5.41 Å². The van der Waals surface area contributed by atoms with Crippen molar-refractivity contribution < 1.29 is 32.2 Å². The summed E-state index contributed by atoms with van der Waals surface area (Å²) in [6.45, 7) is 2.12. The molecular weight excluding hydrogens is 477 g/mol. The van der Waals surface area contributed by atoms with Crippen LogP contribution in [0, 0.1) is 5.41 Å². The largest absolute Gasteiger partial charge is 0.496 e. The minimum atomic E-state index is -4.56. The normalized spacial score (nSPS) is 11.9. The van der Waals surface area contributed by atoms with E-state index in [9.17, 15) is 18.0 Å². The first kappa shape index (κ1) is 26.6. The number of hydrogen-bond donors (Lipinski definition) is 2. The number of amides is 1. The molecule has 11 heteroatoms. The molecule has 0 fully saturated rings. The fourth-order valence-electron chi connectivity index (χ4n) is 3.56. The van der Waals surface area contributed by atoms with Gasteiger partial charge in [0.15, 0.2) is 5.90 Å². The zero-order valence-electron chi connectivity index (χ0n) is 20.3. The molecule has 0 bridgehead atoms. The quantitative estimate of drug-likeness (QED) is 0.228. The Hall–Kier alpha value is -4.02. The monoisotopic (exact) mass is 504 g/mol. The zero-order chi connectivity index (χ0) is 26.5. The van der Waals surface area contributed by atoms with Gasteiger partial charge in [-0.25, -0.2) is 4.98 Å². The molecular formula is C25H27F3N4O4. The molecule has 0 aliphatic carbocycles. The zero-order valence-corrected chi connectivity index (χ0v) is 20.3. The molecule has 0 spiro atoms. The van der Waals surface area contributed by atoms with Crippen molar-refractivity contribution in [3.05, 3.63) is 53.9 Å². The minimum Gasteiger partial charge on any atom is -0.496 e. The number of methoxy groups -OCH3 is 2. The lowest BCUT2D eigenvalue weighted by Gasteiger charge is -2.16. The molecule has 0 atom stereocenters. The maximum Gasteiger partial charge on any atom is 0.405 e. The highest BCUT2D eigenvalue weighted by Crippen LogP contribution is 2.34. The average molecular weight is 505 g/mol. The lowest BCUT2D eigenvalue weighted by Crippen LogP contribution is -2.34. The molecule has 0 aliphatic rings. The van der Waals surface area contributed by atoms with Crippen LogP contribution in [0.5, 0.6) is 11.5 Å². The van der Waals surface area contributed by atoms with Crippen LogP contribution in [0.3, 0.4) is 0 Å². The van der Waals surface area contributed by atoms with Gasteiger partial charge in [-0.15, -0.1) is 0 Å². The number of halogens is 3. The van der Waals surface area contributed by atoms with Gasteiger partial charge in [-0.3, -0.25) is 14.8 Å². The highest BCUT2D eigenvalue weighted by Gasteiger charge is 2.30. The van der Waals surface area contributed by atoms with Crippen LogP contribution in [0.2, 0.25) is 0 Å². The summed E-state index contributed by atoms with van der Waals surface area (Å²) in [4.78, 5) is 17.0. The van der Waals surface area contributed by atoms with Crippen molar-refractivity contribution in [1.82, 2.24) is 14.9 Å². The van der Waals surface area contributed by atoms with E-state index >= 15 is 0 Å². The first-order valence-electron chi connectivity index (χ1n) is 11.1. The van der Waals surface area contributed by atoms with Gasteiger partial charge in [0.1, 0.15) is 35.7 Å². The minimum absolute atomic E-state index is 0.0436. The molecule has 8 nitrogen and oxygen atoms in total. The predicted octanol–water partition coefficient (Wildman–Crippen LogP) is 5.49. The molecule has 3 aromatic rings. The number of alkyl halides is 3. The van der Waals surface area contributed by atoms with Crippen LogP contribution >= 0.6 is 0 Å². The van der Waals surface area contributed by atoms with Crippen molar-refractivity contribution in [2.45, 2.75) is 32.9 Å². The number of nitrogens with zero attached hydrogens (tertiary/aromatic N) is 2. The second kappa shape index (κ2) is 11.1. The van der Waals surface area contributed by atoms with E-state index in [1.807, 2.05) is 36.5 Å². The molecule has 2 N–H and O–H groups in total. The summed E-state index contributed by atoms with van der Waals surface area (Å²) in [7, 11) is 2.62. The smallest absolute Gasteiger partial charge is 0.405 e. The topological polar surface area (TPSA) is 98.5 Å². The maximum atomic E-state index is 12.6. The second-order valence-electron chi connectivity index (χ2n) is 7.86. The molecule has 1 aromatic heterocycles. The molecule has 1 amide bonds. The summed E-state index contributed by atoms with van der Waals surface area (Å²) < 4.78 is 55.7. The molecule has 0 saturated carbocycles. The average Bonchev–Trinajstić information content (AvgIpc) is 3.26. The van der Waals surface area contributed by atoms with Crippen LogP contribution in [-0.2, 0) is 4.74 Å². The Bertz CT molecular complexity index is 1270. The van der Waals surface area contributed by atoms with Crippen LogP contribution in [-0.4, -0.2) is 48.3 Å². The Morgan fingerprint density at radius 2 is 1.83 bits per heavy atom. The van der Waals surface area contributed by atoms with Crippen molar-refractivity contribution in [3.63, 3.8) is 0 Å². The first-order valence-corrected chi connectivity index (χ1v) is 11.1. The third kappa shape index (κ3) is 6.15. The molecule has 1 heterocycles. The Morgan fingerprint density at radius 1 is 1.17 bits per heavy atom. The number of rotatable bonds is 9. The van der Waals surface area contributed by atoms with Gasteiger partial charge in [-0.1, -0.05) is 13.3 Å². The van der Waals surface area contributed by atoms with Crippen molar-refractivity contribution in [3.8, 4) is 17.2 Å². The Labute approximate surface area is 206 Å². The maximum absolute atomic E-state index is 12.6. The van der Waals surface area contributed by atoms with Gasteiger partial charge in [0, 0.05) is 24.6 Å². The highest BCUT2D eigenvalue weighted by molar-refractivity contribution is 6.00. The number of imidazole rings is 1. The lowest BCUT2D eigenvalue weighted by atomic mass is 10.1. The predicted molar refractivity (Wildman–Crippen MR) is 130 cm³/mol. The third-order valence-electron chi connectivity index (χ3n) is 5.16. The lowest BCUT2D eigenvalue weighted by molar-refractivity contribution is -0.123. The van der Waals surface area contributed by atoms with Crippen molar-refractivity contribution >= 4 is 28.6 Å². The molecule has 0 radical (unpaired) electrons. The van der Waals surface area contributed by atoms with Crippen LogP contribution in [0.15, 0.2) is 42.7 Å². The summed E-state index contributed by atoms with van der Waals surface area (Å²) in [6.07, 6.45) is 0.656. The SMILES string of the molecule is CCC/C=C(/OC(C)=N)c1ccc2c(c1)ncn2-c1cc(OC)c(C(=O)NCC(F)(F)F)c(OC)c1. The summed E-state index contributed by atoms with van der Waals surface area (Å²) in [5, 5.41) is 9.52. The number of fused-ring (bicyclic) bond motifs is 1. The van der Waals surface area contributed by atoms with E-state index in [0.29, 0.717) is 17.0 Å². The van der Waals surface area contributed by atoms with Gasteiger partial charge in [0.05, 0.1) is 30.9 Å². The molecule has 0 aliphatic heterocycles. The van der Waals surface area contributed by atoms with Gasteiger partial charge < -0.3 is 19.5 Å². The second-order valence-corrected chi connectivity index (χ2v) is 7.86. The van der Waals surface area contributed by atoms with Crippen LogP contribution in [0.1, 0.15) is 42.6 Å². The van der Waals surface area contributed by atoms with Gasteiger partial charge >= 0.3 is 6.18 Å². The van der Waals surface area contributed by atoms with Crippen molar-refractivity contribution in [2.24, 2.45) is 0 Å². The van der Waals surface area contributed by atoms with E-state index in [-0.39, 0.29) is 23.0 Å². The number of benzene rings is 2. The van der Waals surface area contributed by atoms with E-state index in [2.05, 4.69) is 4.98 Å². The van der Waals surface area contributed by atoms with Crippen LogP contribution < -0.4 is 14.8 Å². The molecule has 36 heavy (non-hydrogen) atoms. The summed E-state index contributed by atoms with van der Waals surface area (Å²) in [5.41, 5.74) is 2.51. The number of allylic oxidation sites excluding steroid dienone is 1. The molecule has 192 valence electrons. The first-order chi connectivity index (χ1) is 17.1. The number of carbonyl (C=O) groups excluding carboxylic acids is 1. The van der Waals surface area contributed by atoms with Gasteiger partial charge in [0.25, 0.3) is 5.91 Å². The van der Waals surface area contributed by atoms with Gasteiger partial charge in [-0.05, 0) is 30.7 Å². The summed E-state index contributed by atoms with van der Waals surface area (Å²) >= 11 is 0. The number of ether oxygens (including phenoxy) is 3. The standard InChI is InChI=1S/C25H27F3N4O4/c1-5-6-7-20(36-15(2)29)16-8-9-19-18(10-16)31-14-32(19)17-11-21(34-3)23(22(12-17)35-4)24(33)30-13-25(26,27)28/h7-12,14,29H,5-6,13H2,1-4H3,(H,30,33)/b20-7+,29-15?. The Morgan fingerprint density at radius 3 is 2.39 bits per heavy atom. The molecule has 0 saturated heterocycles. The van der Waals surface area contributed by atoms with Gasteiger partial charge in [0.2, 0.25) is 0 Å². The third-order valence-corrected chi connectivity index (χ3v) is 5.16. The number of unbranched alkanes of at least 4 members (excludes halogenated alkanes) is 1. The van der Waals surface area contributed by atoms with E-state index in [0.717, 1.165) is 23.9 Å². The fraction of sp³-hybridized carbons (Fsp3) is 0.320. The van der Waals surface area contributed by atoms with E-state index < -0.39 is 18.6 Å². The number of hydrogen-bond acceptors (Lipinski definition) is 6. The van der Waals surface area contributed by atoms with Crippen molar-refractivity contribution in [2.75, 3.05) is 20.8 Å². The molecule has 0 unspecified atom stereocenters. The van der Waals surface area contributed by atoms with E-state index in [1.165, 1.54) is 26.4 Å². The van der Waals surface area contributed by atoms with E-state index in [4.69, 9.17) is 19.6 Å². The number of carbonyl (C=O) groups is 1. The fourth-order valence-corrected chi connectivity index (χ4v) is 3.56. The van der Waals surface area contributed by atoms with Crippen LogP contribution in [0.25, 0.3) is 22.5 Å². The highest BCUT2D eigenvalue weighted by atomic mass is 19.4.